The van der Waals surface area contributed by atoms with Crippen molar-refractivity contribution in [3.8, 4) is 11.5 Å². The van der Waals surface area contributed by atoms with Gasteiger partial charge in [0.25, 0.3) is 5.91 Å². The highest BCUT2D eigenvalue weighted by Gasteiger charge is 2.33. The lowest BCUT2D eigenvalue weighted by Gasteiger charge is -2.22. The van der Waals surface area contributed by atoms with Gasteiger partial charge in [0, 0.05) is 23.2 Å². The Kier molecular flexibility index (Phi) is 5.09. The second-order valence-corrected chi connectivity index (χ2v) is 9.01. The first-order valence-electron chi connectivity index (χ1n) is 9.53. The maximum absolute atomic E-state index is 12.8. The molecule has 0 radical (unpaired) electrons. The second kappa shape index (κ2) is 8.04. The van der Waals surface area contributed by atoms with Gasteiger partial charge in [-0.3, -0.25) is 9.59 Å². The summed E-state index contributed by atoms with van der Waals surface area (Å²) in [6.07, 6.45) is 2.14. The van der Waals surface area contributed by atoms with Crippen LogP contribution in [-0.4, -0.2) is 40.2 Å². The fourth-order valence-corrected chi connectivity index (χ4v) is 5.19. The lowest BCUT2D eigenvalue weighted by molar-refractivity contribution is -0.131. The van der Waals surface area contributed by atoms with Crippen LogP contribution in [0, 0.1) is 0 Å². The lowest BCUT2D eigenvalue weighted by Crippen LogP contribution is -2.31. The van der Waals surface area contributed by atoms with Crippen molar-refractivity contribution in [1.82, 2.24) is 15.1 Å². The van der Waals surface area contributed by atoms with Crippen molar-refractivity contribution >= 4 is 40.2 Å². The normalized spacial score (nSPS) is 17.3. The van der Waals surface area contributed by atoms with E-state index in [9.17, 15) is 9.59 Å². The van der Waals surface area contributed by atoms with Gasteiger partial charge < -0.3 is 19.7 Å². The van der Waals surface area contributed by atoms with Crippen LogP contribution in [0.3, 0.4) is 0 Å². The quantitative estimate of drug-likeness (QED) is 0.650. The first kappa shape index (κ1) is 19.0. The summed E-state index contributed by atoms with van der Waals surface area (Å²) in [5.74, 6) is 0.991. The molecule has 30 heavy (non-hydrogen) atoms. The van der Waals surface area contributed by atoms with E-state index in [1.54, 1.807) is 29.5 Å². The van der Waals surface area contributed by atoms with E-state index < -0.39 is 0 Å². The summed E-state index contributed by atoms with van der Waals surface area (Å²) >= 11 is 2.81. The molecule has 0 aliphatic carbocycles. The molecule has 10 heteroatoms. The van der Waals surface area contributed by atoms with Crippen molar-refractivity contribution in [1.29, 1.82) is 0 Å². The average Bonchev–Trinajstić information content (AvgIpc) is 3.54. The zero-order chi connectivity index (χ0) is 20.5. The molecular formula is C20H18N4O4S2. The first-order valence-corrected chi connectivity index (χ1v) is 11.2. The minimum atomic E-state index is -0.341. The standard InChI is InChI=1S/C20H18N4O4S2/c25-17(10-13-3-2-8-29-13)24-7-1-4-14(24)19-22-23-20(30-19)18(26)21-12-5-6-15-16(9-12)28-11-27-15/h2-3,5-6,8-9,14H,1,4,7,10-11H2,(H,21,26). The lowest BCUT2D eigenvalue weighted by atomic mass is 10.2. The van der Waals surface area contributed by atoms with E-state index in [0.717, 1.165) is 17.7 Å². The summed E-state index contributed by atoms with van der Waals surface area (Å²) in [5.41, 5.74) is 0.592. The monoisotopic (exact) mass is 442 g/mol. The summed E-state index contributed by atoms with van der Waals surface area (Å²) in [5, 5.41) is 14.0. The van der Waals surface area contributed by atoms with Gasteiger partial charge in [0.15, 0.2) is 11.5 Å². The Bertz CT molecular complexity index is 1080. The van der Waals surface area contributed by atoms with Crippen molar-refractivity contribution in [3.05, 3.63) is 50.6 Å². The van der Waals surface area contributed by atoms with Gasteiger partial charge >= 0.3 is 0 Å². The molecule has 1 unspecified atom stereocenters. The molecule has 1 fully saturated rings. The number of thiophene rings is 1. The van der Waals surface area contributed by atoms with Crippen LogP contribution in [0.1, 0.15) is 38.6 Å². The Labute approximate surface area is 180 Å². The van der Waals surface area contributed by atoms with Gasteiger partial charge in [-0.1, -0.05) is 17.4 Å². The Morgan fingerprint density at radius 3 is 2.97 bits per heavy atom. The molecule has 2 aliphatic rings. The third kappa shape index (κ3) is 3.75. The first-order chi connectivity index (χ1) is 14.7. The summed E-state index contributed by atoms with van der Waals surface area (Å²) < 4.78 is 10.6. The van der Waals surface area contributed by atoms with E-state index in [1.807, 2.05) is 22.4 Å². The van der Waals surface area contributed by atoms with Crippen LogP contribution in [0.15, 0.2) is 35.7 Å². The number of anilines is 1. The Morgan fingerprint density at radius 1 is 1.20 bits per heavy atom. The van der Waals surface area contributed by atoms with Gasteiger partial charge in [-0.15, -0.1) is 21.5 Å². The number of nitrogens with zero attached hydrogens (tertiary/aromatic N) is 3. The zero-order valence-electron chi connectivity index (χ0n) is 15.9. The van der Waals surface area contributed by atoms with Crippen LogP contribution in [0.5, 0.6) is 11.5 Å². The van der Waals surface area contributed by atoms with Gasteiger partial charge in [0.05, 0.1) is 12.5 Å². The second-order valence-electron chi connectivity index (χ2n) is 6.97. The molecule has 3 aromatic rings. The van der Waals surface area contributed by atoms with E-state index in [2.05, 4.69) is 15.5 Å². The van der Waals surface area contributed by atoms with Crippen molar-refractivity contribution in [3.63, 3.8) is 0 Å². The molecule has 8 nitrogen and oxygen atoms in total. The predicted octanol–water partition coefficient (Wildman–Crippen LogP) is 3.49. The largest absolute Gasteiger partial charge is 0.454 e. The fourth-order valence-electron chi connectivity index (χ4n) is 3.61. The molecule has 4 heterocycles. The van der Waals surface area contributed by atoms with Gasteiger partial charge in [-0.25, -0.2) is 0 Å². The molecule has 2 aromatic heterocycles. The van der Waals surface area contributed by atoms with Gasteiger partial charge in [0.2, 0.25) is 17.7 Å². The van der Waals surface area contributed by atoms with Gasteiger partial charge in [-0.2, -0.15) is 0 Å². The van der Waals surface area contributed by atoms with Crippen LogP contribution >= 0.6 is 22.7 Å². The number of ether oxygens (including phenoxy) is 2. The molecule has 0 spiro atoms. The Morgan fingerprint density at radius 2 is 2.10 bits per heavy atom. The predicted molar refractivity (Wildman–Crippen MR) is 112 cm³/mol. The summed E-state index contributed by atoms with van der Waals surface area (Å²) in [4.78, 5) is 28.3. The molecule has 5 rings (SSSR count). The number of aromatic nitrogens is 2. The zero-order valence-corrected chi connectivity index (χ0v) is 17.5. The number of likely N-dealkylation sites (tertiary alicyclic amines) is 1. The molecule has 2 amide bonds. The fraction of sp³-hybridized carbons (Fsp3) is 0.300. The third-order valence-electron chi connectivity index (χ3n) is 5.03. The molecule has 2 aliphatic heterocycles. The molecule has 0 saturated carbocycles. The maximum Gasteiger partial charge on any atom is 0.286 e. The van der Waals surface area contributed by atoms with Crippen molar-refractivity contribution in [2.75, 3.05) is 18.7 Å². The minimum Gasteiger partial charge on any atom is -0.454 e. The topological polar surface area (TPSA) is 93.7 Å². The van der Waals surface area contributed by atoms with Crippen LogP contribution in [0.4, 0.5) is 5.69 Å². The number of amides is 2. The summed E-state index contributed by atoms with van der Waals surface area (Å²) in [7, 11) is 0. The van der Waals surface area contributed by atoms with Crippen LogP contribution in [0.2, 0.25) is 0 Å². The molecule has 1 saturated heterocycles. The number of hydrogen-bond acceptors (Lipinski definition) is 8. The van der Waals surface area contributed by atoms with Crippen molar-refractivity contribution in [2.24, 2.45) is 0 Å². The maximum atomic E-state index is 12.8. The summed E-state index contributed by atoms with van der Waals surface area (Å²) in [6.45, 7) is 0.878. The molecule has 154 valence electrons. The van der Waals surface area contributed by atoms with E-state index in [1.165, 1.54) is 11.3 Å². The average molecular weight is 443 g/mol. The van der Waals surface area contributed by atoms with Crippen LogP contribution in [-0.2, 0) is 11.2 Å². The number of benzene rings is 1. The molecule has 1 N–H and O–H groups in total. The highest BCUT2D eigenvalue weighted by Crippen LogP contribution is 2.36. The van der Waals surface area contributed by atoms with E-state index in [0.29, 0.717) is 35.2 Å². The van der Waals surface area contributed by atoms with E-state index in [-0.39, 0.29) is 29.7 Å². The number of rotatable bonds is 5. The highest BCUT2D eigenvalue weighted by atomic mass is 32.1. The Hall–Kier alpha value is -2.98. The van der Waals surface area contributed by atoms with Crippen molar-refractivity contribution in [2.45, 2.75) is 25.3 Å². The SMILES string of the molecule is O=C(Nc1ccc2c(c1)OCO2)c1nnc(C2CCCN2C(=O)Cc2cccs2)s1. The van der Waals surface area contributed by atoms with E-state index in [4.69, 9.17) is 9.47 Å². The number of carbonyl (C=O) groups is 2. The summed E-state index contributed by atoms with van der Waals surface area (Å²) in [6, 6.07) is 9.00. The minimum absolute atomic E-state index is 0.0847. The number of hydrogen-bond donors (Lipinski definition) is 1. The molecule has 0 bridgehead atoms. The van der Waals surface area contributed by atoms with E-state index >= 15 is 0 Å². The van der Waals surface area contributed by atoms with Gasteiger partial charge in [0.1, 0.15) is 5.01 Å². The smallest absolute Gasteiger partial charge is 0.286 e. The third-order valence-corrected chi connectivity index (χ3v) is 6.93. The Balaban J connectivity index is 1.27. The van der Waals surface area contributed by atoms with Crippen LogP contribution < -0.4 is 14.8 Å². The number of carbonyl (C=O) groups excluding carboxylic acids is 2. The van der Waals surface area contributed by atoms with Crippen molar-refractivity contribution < 1.29 is 19.1 Å². The van der Waals surface area contributed by atoms with Gasteiger partial charge in [-0.05, 0) is 36.4 Å². The van der Waals surface area contributed by atoms with Crippen LogP contribution in [0.25, 0.3) is 0 Å². The number of fused-ring (bicyclic) bond motifs is 1. The molecule has 1 atom stereocenters. The molecule has 1 aromatic carbocycles. The number of nitrogens with one attached hydrogen (secondary N) is 1. The molecular weight excluding hydrogens is 424 g/mol. The highest BCUT2D eigenvalue weighted by molar-refractivity contribution is 7.13.